The molecule has 0 saturated carbocycles. The summed E-state index contributed by atoms with van der Waals surface area (Å²) in [6.45, 7) is 34.2. The highest BCUT2D eigenvalue weighted by molar-refractivity contribution is 4.73. The summed E-state index contributed by atoms with van der Waals surface area (Å²) in [6.07, 6.45) is 7.08. The Balaban J connectivity index is 0.000000464. The first-order valence-electron chi connectivity index (χ1n) is 15.5. The number of piperidine rings is 2. The molecule has 0 unspecified atom stereocenters. The van der Waals surface area contributed by atoms with Crippen molar-refractivity contribution in [1.29, 1.82) is 0 Å². The topological polar surface area (TPSA) is 16.2 Å². The predicted molar refractivity (Wildman–Crippen MR) is 163 cm³/mol. The van der Waals surface area contributed by atoms with Gasteiger partial charge in [-0.25, -0.2) is 0 Å². The summed E-state index contributed by atoms with van der Waals surface area (Å²) in [6, 6.07) is 2.94. The molecule has 0 amide bonds. The molecule has 0 aromatic rings. The summed E-state index contributed by atoms with van der Waals surface area (Å²) < 4.78 is 0. The van der Waals surface area contributed by atoms with Crippen LogP contribution in [0.3, 0.4) is 0 Å². The first-order valence-corrected chi connectivity index (χ1v) is 15.5. The second-order valence-electron chi connectivity index (χ2n) is 12.6. The molecule has 3 fully saturated rings. The number of likely N-dealkylation sites (tertiary alicyclic amines) is 2. The molecular weight excluding hydrogens is 442 g/mol. The van der Waals surface area contributed by atoms with E-state index in [9.17, 15) is 0 Å². The van der Waals surface area contributed by atoms with E-state index in [4.69, 9.17) is 0 Å². The molecule has 0 aromatic carbocycles. The number of hydrogen-bond acceptors (Lipinski definition) is 5. The van der Waals surface area contributed by atoms with Gasteiger partial charge in [0.2, 0.25) is 0 Å². The van der Waals surface area contributed by atoms with Gasteiger partial charge in [0.15, 0.2) is 0 Å². The molecule has 218 valence electrons. The van der Waals surface area contributed by atoms with Crippen LogP contribution in [-0.2, 0) is 0 Å². The molecule has 3 saturated heterocycles. The Labute approximate surface area is 228 Å². The lowest BCUT2D eigenvalue weighted by Crippen LogP contribution is -2.48. The standard InChI is InChI=1S/C9H20N2.C9H19N.C8H17N.C5H13N/c1-4-10-5-7-11(8-6-10)9(2)3;1-8(2)10-6-4-9(3)5-7-10;1-8(2)9-6-4-3-5-7-9;1-5(2)6(3)4/h9H,4-8H2,1-3H3;8-9H,4-7H2,1-3H3;8H,3-7H2,1-2H3;5H,1-4H3. The molecule has 3 aliphatic rings. The van der Waals surface area contributed by atoms with Gasteiger partial charge in [-0.3, -0.25) is 4.90 Å². The van der Waals surface area contributed by atoms with Crippen molar-refractivity contribution in [2.24, 2.45) is 5.92 Å². The van der Waals surface area contributed by atoms with Crippen LogP contribution in [-0.4, -0.2) is 122 Å². The van der Waals surface area contributed by atoms with Crippen LogP contribution in [0.1, 0.15) is 101 Å². The van der Waals surface area contributed by atoms with Crippen LogP contribution in [0.15, 0.2) is 0 Å². The van der Waals surface area contributed by atoms with E-state index >= 15 is 0 Å². The summed E-state index contributed by atoms with van der Waals surface area (Å²) in [5, 5.41) is 0. The number of nitrogens with zero attached hydrogens (tertiary/aromatic N) is 5. The first-order chi connectivity index (χ1) is 16.9. The average Bonchev–Trinajstić information content (AvgIpc) is 2.86. The molecule has 0 bridgehead atoms. The normalized spacial score (nSPS) is 21.2. The van der Waals surface area contributed by atoms with Crippen molar-refractivity contribution in [1.82, 2.24) is 24.5 Å². The monoisotopic (exact) mass is 512 g/mol. The van der Waals surface area contributed by atoms with Gasteiger partial charge in [-0.1, -0.05) is 20.3 Å². The van der Waals surface area contributed by atoms with Crippen LogP contribution in [0.5, 0.6) is 0 Å². The van der Waals surface area contributed by atoms with Crippen molar-refractivity contribution < 1.29 is 0 Å². The summed E-state index contributed by atoms with van der Waals surface area (Å²) in [5.41, 5.74) is 0. The highest BCUT2D eigenvalue weighted by atomic mass is 15.3. The zero-order valence-corrected chi connectivity index (χ0v) is 27.0. The van der Waals surface area contributed by atoms with E-state index in [2.05, 4.69) is 108 Å². The van der Waals surface area contributed by atoms with Crippen molar-refractivity contribution >= 4 is 0 Å². The maximum atomic E-state index is 2.57. The minimum atomic E-state index is 0.685. The molecule has 0 aliphatic carbocycles. The van der Waals surface area contributed by atoms with Crippen molar-refractivity contribution in [3.8, 4) is 0 Å². The van der Waals surface area contributed by atoms with Gasteiger partial charge < -0.3 is 19.6 Å². The Kier molecular flexibility index (Phi) is 20.6. The maximum Gasteiger partial charge on any atom is 0.0113 e. The van der Waals surface area contributed by atoms with Gasteiger partial charge in [0, 0.05) is 50.3 Å². The second-order valence-corrected chi connectivity index (χ2v) is 12.6. The number of hydrogen-bond donors (Lipinski definition) is 0. The Morgan fingerprint density at radius 2 is 0.944 bits per heavy atom. The van der Waals surface area contributed by atoms with E-state index in [0.29, 0.717) is 6.04 Å². The Morgan fingerprint density at radius 1 is 0.583 bits per heavy atom. The lowest BCUT2D eigenvalue weighted by Gasteiger charge is -2.36. The third kappa shape index (κ3) is 17.3. The van der Waals surface area contributed by atoms with Gasteiger partial charge >= 0.3 is 0 Å². The van der Waals surface area contributed by atoms with E-state index in [-0.39, 0.29) is 0 Å². The fraction of sp³-hybridized carbons (Fsp3) is 1.00. The van der Waals surface area contributed by atoms with Crippen molar-refractivity contribution in [2.45, 2.75) is 126 Å². The molecule has 0 radical (unpaired) electrons. The van der Waals surface area contributed by atoms with Crippen LogP contribution >= 0.6 is 0 Å². The first kappa shape index (κ1) is 35.8. The summed E-state index contributed by atoms with van der Waals surface area (Å²) in [5.74, 6) is 0.968. The molecule has 5 nitrogen and oxygen atoms in total. The van der Waals surface area contributed by atoms with Crippen LogP contribution in [0.2, 0.25) is 0 Å². The molecule has 0 aromatic heterocycles. The smallest absolute Gasteiger partial charge is 0.0113 e. The van der Waals surface area contributed by atoms with Crippen LogP contribution < -0.4 is 0 Å². The second kappa shape index (κ2) is 20.7. The fourth-order valence-electron chi connectivity index (χ4n) is 4.58. The fourth-order valence-corrected chi connectivity index (χ4v) is 4.58. The average molecular weight is 512 g/mol. The molecule has 0 atom stereocenters. The van der Waals surface area contributed by atoms with Gasteiger partial charge in [-0.2, -0.15) is 0 Å². The summed E-state index contributed by atoms with van der Waals surface area (Å²) >= 11 is 0. The lowest BCUT2D eigenvalue weighted by molar-refractivity contribution is 0.112. The third-order valence-electron chi connectivity index (χ3n) is 8.29. The molecule has 36 heavy (non-hydrogen) atoms. The molecule has 0 spiro atoms. The molecule has 3 rings (SSSR count). The van der Waals surface area contributed by atoms with Gasteiger partial charge in [0.05, 0.1) is 0 Å². The lowest BCUT2D eigenvalue weighted by atomic mass is 9.98. The number of likely N-dealkylation sites (N-methyl/N-ethyl adjacent to an activating group) is 1. The van der Waals surface area contributed by atoms with E-state index < -0.39 is 0 Å². The zero-order valence-electron chi connectivity index (χ0n) is 27.0. The van der Waals surface area contributed by atoms with Crippen molar-refractivity contribution in [3.63, 3.8) is 0 Å². The Morgan fingerprint density at radius 3 is 1.25 bits per heavy atom. The minimum absolute atomic E-state index is 0.685. The quantitative estimate of drug-likeness (QED) is 0.449. The minimum Gasteiger partial charge on any atom is -0.307 e. The predicted octanol–water partition coefficient (Wildman–Crippen LogP) is 6.00. The van der Waals surface area contributed by atoms with Gasteiger partial charge in [0.1, 0.15) is 0 Å². The van der Waals surface area contributed by atoms with Gasteiger partial charge in [-0.15, -0.1) is 0 Å². The van der Waals surface area contributed by atoms with Crippen LogP contribution in [0.4, 0.5) is 0 Å². The highest BCUT2D eigenvalue weighted by Gasteiger charge is 2.17. The van der Waals surface area contributed by atoms with Crippen molar-refractivity contribution in [3.05, 3.63) is 0 Å². The number of piperazine rings is 1. The Hall–Kier alpha value is -0.200. The highest BCUT2D eigenvalue weighted by Crippen LogP contribution is 2.17. The molecule has 3 heterocycles. The van der Waals surface area contributed by atoms with E-state index in [0.717, 1.165) is 24.0 Å². The summed E-state index contributed by atoms with van der Waals surface area (Å²) in [4.78, 5) is 12.4. The molecular formula is C31H69N5. The molecule has 3 aliphatic heterocycles. The van der Waals surface area contributed by atoms with E-state index in [1.54, 1.807) is 0 Å². The van der Waals surface area contributed by atoms with Gasteiger partial charge in [0.25, 0.3) is 0 Å². The Bertz CT molecular complexity index is 463. The number of rotatable bonds is 5. The van der Waals surface area contributed by atoms with E-state index in [1.165, 1.54) is 91.0 Å². The zero-order chi connectivity index (χ0) is 27.7. The molecule has 0 N–H and O–H groups in total. The van der Waals surface area contributed by atoms with E-state index in [1.807, 2.05) is 0 Å². The summed E-state index contributed by atoms with van der Waals surface area (Å²) in [7, 11) is 4.15. The molecule has 5 heteroatoms. The third-order valence-corrected chi connectivity index (χ3v) is 8.29. The van der Waals surface area contributed by atoms with Crippen molar-refractivity contribution in [2.75, 3.05) is 73.0 Å². The van der Waals surface area contributed by atoms with Crippen LogP contribution in [0.25, 0.3) is 0 Å². The largest absolute Gasteiger partial charge is 0.307 e. The van der Waals surface area contributed by atoms with Gasteiger partial charge in [-0.05, 0) is 134 Å². The SMILES string of the molecule is CC(C)N(C)C.CC(C)N1CCCCC1.CC1CCN(C(C)C)CC1.CCN1CCN(C(C)C)CC1. The van der Waals surface area contributed by atoms with Crippen LogP contribution in [0, 0.1) is 5.92 Å². The maximum absolute atomic E-state index is 2.57.